The summed E-state index contributed by atoms with van der Waals surface area (Å²) < 4.78 is 5.63. The van der Waals surface area contributed by atoms with E-state index in [9.17, 15) is 19.5 Å². The third-order valence-corrected chi connectivity index (χ3v) is 7.16. The highest BCUT2D eigenvalue weighted by Gasteiger charge is 2.59. The molecule has 2 aliphatic carbocycles. The number of hydrogen-bond acceptors (Lipinski definition) is 5. The zero-order valence-corrected chi connectivity index (χ0v) is 17.4. The van der Waals surface area contributed by atoms with Crippen LogP contribution in [0.5, 0.6) is 0 Å². The van der Waals surface area contributed by atoms with Crippen molar-refractivity contribution >= 4 is 17.7 Å². The number of allylic oxidation sites excluding steroid dienone is 2. The Labute approximate surface area is 166 Å². The molecular weight excluding hydrogens is 360 g/mol. The van der Waals surface area contributed by atoms with Crippen LogP contribution in [0.2, 0.25) is 0 Å². The summed E-state index contributed by atoms with van der Waals surface area (Å²) in [6.07, 6.45) is 3.18. The minimum absolute atomic E-state index is 0.00659. The summed E-state index contributed by atoms with van der Waals surface area (Å²) in [7, 11) is 0. The molecule has 0 aromatic rings. The largest absolute Gasteiger partial charge is 0.504 e. The zero-order valence-electron chi connectivity index (χ0n) is 17.4. The number of Topliss-reactive ketones (excluding diaryl/α,β-unsaturated/α-hetero) is 1. The second-order valence-electron chi connectivity index (χ2n) is 9.14. The standard InChI is InChI=1S/C22H32O6/c1-12(9-19(25)26)7-8-21(5)13(2)17(28-15(4)23)11-22(6)14(3)20(27)16(24)10-18(21)22/h10,12-13,17-18,24H,3,7-9,11H2,1-2,4-6H3,(H,25,26)/t12-,13-,17+,18-,21+,22-/m1/s1. The first kappa shape index (κ1) is 22.2. The van der Waals surface area contributed by atoms with Crippen molar-refractivity contribution in [3.63, 3.8) is 0 Å². The molecular formula is C22H32O6. The van der Waals surface area contributed by atoms with Crippen LogP contribution in [0, 0.1) is 28.6 Å². The van der Waals surface area contributed by atoms with E-state index in [1.54, 1.807) is 6.08 Å². The molecule has 0 aromatic heterocycles. The molecule has 0 aliphatic heterocycles. The third-order valence-electron chi connectivity index (χ3n) is 7.16. The van der Waals surface area contributed by atoms with Crippen LogP contribution in [0.3, 0.4) is 0 Å². The summed E-state index contributed by atoms with van der Waals surface area (Å²) >= 11 is 0. The molecule has 0 heterocycles. The molecule has 2 N–H and O–H groups in total. The first-order valence-electron chi connectivity index (χ1n) is 9.86. The van der Waals surface area contributed by atoms with Crippen molar-refractivity contribution in [2.24, 2.45) is 28.6 Å². The molecule has 6 atom stereocenters. The molecule has 6 nitrogen and oxygen atoms in total. The van der Waals surface area contributed by atoms with Crippen molar-refractivity contribution < 1.29 is 29.3 Å². The fourth-order valence-electron chi connectivity index (χ4n) is 5.19. The van der Waals surface area contributed by atoms with Crippen LogP contribution in [0.4, 0.5) is 0 Å². The monoisotopic (exact) mass is 392 g/mol. The van der Waals surface area contributed by atoms with Crippen molar-refractivity contribution in [2.75, 3.05) is 0 Å². The number of carbonyl (C=O) groups is 3. The highest BCUT2D eigenvalue weighted by atomic mass is 16.5. The molecule has 156 valence electrons. The topological polar surface area (TPSA) is 101 Å². The molecule has 0 spiro atoms. The number of carbonyl (C=O) groups excluding carboxylic acids is 2. The van der Waals surface area contributed by atoms with Crippen LogP contribution in [0.1, 0.15) is 60.3 Å². The predicted octanol–water partition coefficient (Wildman–Crippen LogP) is 4.06. The van der Waals surface area contributed by atoms with E-state index in [1.807, 2.05) is 20.8 Å². The van der Waals surface area contributed by atoms with Gasteiger partial charge in [-0.25, -0.2) is 0 Å². The zero-order chi connectivity index (χ0) is 21.4. The van der Waals surface area contributed by atoms with E-state index in [2.05, 4.69) is 13.5 Å². The first-order valence-corrected chi connectivity index (χ1v) is 9.86. The number of carboxylic acid groups (broad SMARTS) is 1. The van der Waals surface area contributed by atoms with Gasteiger partial charge in [-0.15, -0.1) is 0 Å². The number of esters is 1. The highest BCUT2D eigenvalue weighted by Crippen LogP contribution is 2.61. The lowest BCUT2D eigenvalue weighted by Gasteiger charge is -2.58. The van der Waals surface area contributed by atoms with Crippen molar-refractivity contribution in [1.29, 1.82) is 0 Å². The Morgan fingerprint density at radius 2 is 2.00 bits per heavy atom. The van der Waals surface area contributed by atoms with Gasteiger partial charge in [0.15, 0.2) is 5.76 Å². The third kappa shape index (κ3) is 3.87. The number of aliphatic carboxylic acids is 1. The highest BCUT2D eigenvalue weighted by molar-refractivity contribution is 6.08. The smallest absolute Gasteiger partial charge is 0.303 e. The molecule has 2 rings (SSSR count). The second kappa shape index (κ2) is 7.72. The molecule has 0 radical (unpaired) electrons. The van der Waals surface area contributed by atoms with Crippen LogP contribution >= 0.6 is 0 Å². The molecule has 2 aliphatic rings. The van der Waals surface area contributed by atoms with Crippen LogP contribution in [0.15, 0.2) is 24.0 Å². The van der Waals surface area contributed by atoms with Crippen LogP contribution < -0.4 is 0 Å². The van der Waals surface area contributed by atoms with E-state index in [-0.39, 0.29) is 42.0 Å². The van der Waals surface area contributed by atoms with Crippen molar-refractivity contribution in [2.45, 2.75) is 66.4 Å². The Morgan fingerprint density at radius 1 is 1.39 bits per heavy atom. The Kier molecular flexibility index (Phi) is 6.12. The summed E-state index contributed by atoms with van der Waals surface area (Å²) in [6.45, 7) is 13.3. The molecule has 0 aromatic carbocycles. The van der Waals surface area contributed by atoms with Crippen molar-refractivity contribution in [3.05, 3.63) is 24.0 Å². The van der Waals surface area contributed by atoms with E-state index in [1.165, 1.54) is 6.92 Å². The number of rotatable bonds is 6. The molecule has 0 saturated heterocycles. The quantitative estimate of drug-likeness (QED) is 0.522. The molecule has 0 amide bonds. The summed E-state index contributed by atoms with van der Waals surface area (Å²) in [5.74, 6) is -2.14. The minimum atomic E-state index is -0.828. The Bertz CT molecular complexity index is 723. The fourth-order valence-corrected chi connectivity index (χ4v) is 5.19. The summed E-state index contributed by atoms with van der Waals surface area (Å²) in [4.78, 5) is 35.1. The maximum atomic E-state index is 12.4. The lowest BCUT2D eigenvalue weighted by molar-refractivity contribution is -0.166. The predicted molar refractivity (Wildman–Crippen MR) is 105 cm³/mol. The average molecular weight is 392 g/mol. The van der Waals surface area contributed by atoms with Gasteiger partial charge in [-0.05, 0) is 48.5 Å². The van der Waals surface area contributed by atoms with Gasteiger partial charge in [0.2, 0.25) is 5.78 Å². The molecule has 28 heavy (non-hydrogen) atoms. The number of carboxylic acids is 1. The normalized spacial score (nSPS) is 36.3. The van der Waals surface area contributed by atoms with Gasteiger partial charge in [-0.1, -0.05) is 34.3 Å². The maximum absolute atomic E-state index is 12.4. The molecule has 1 saturated carbocycles. The van der Waals surface area contributed by atoms with E-state index in [4.69, 9.17) is 9.84 Å². The van der Waals surface area contributed by atoms with E-state index < -0.39 is 22.6 Å². The lowest BCUT2D eigenvalue weighted by Crippen LogP contribution is -2.56. The van der Waals surface area contributed by atoms with Crippen LogP contribution in [-0.2, 0) is 19.1 Å². The number of aliphatic hydroxyl groups excluding tert-OH is 1. The fraction of sp³-hybridized carbons (Fsp3) is 0.682. The number of aliphatic hydroxyl groups is 1. The van der Waals surface area contributed by atoms with Gasteiger partial charge in [0.25, 0.3) is 0 Å². The van der Waals surface area contributed by atoms with Gasteiger partial charge in [-0.2, -0.15) is 0 Å². The van der Waals surface area contributed by atoms with E-state index >= 15 is 0 Å². The van der Waals surface area contributed by atoms with Gasteiger partial charge < -0.3 is 14.9 Å². The van der Waals surface area contributed by atoms with Gasteiger partial charge in [0.05, 0.1) is 0 Å². The number of ether oxygens (including phenoxy) is 1. The van der Waals surface area contributed by atoms with E-state index in [0.29, 0.717) is 24.8 Å². The van der Waals surface area contributed by atoms with Crippen LogP contribution in [0.25, 0.3) is 0 Å². The Balaban J connectivity index is 2.45. The Morgan fingerprint density at radius 3 is 2.54 bits per heavy atom. The summed E-state index contributed by atoms with van der Waals surface area (Å²) in [5, 5.41) is 19.3. The molecule has 0 bridgehead atoms. The first-order chi connectivity index (χ1) is 12.8. The Hall–Kier alpha value is -2.11. The molecule has 1 fully saturated rings. The summed E-state index contributed by atoms with van der Waals surface area (Å²) in [6, 6.07) is 0. The SMILES string of the molecule is C=C1C(=O)C(O)=C[C@@H]2[C@@](C)(CC[C@@H](C)CC(=O)O)[C@H](C)[C@@H](OC(C)=O)C[C@]12C. The maximum Gasteiger partial charge on any atom is 0.303 e. The van der Waals surface area contributed by atoms with Gasteiger partial charge in [-0.3, -0.25) is 14.4 Å². The minimum Gasteiger partial charge on any atom is -0.504 e. The second-order valence-corrected chi connectivity index (χ2v) is 9.14. The number of fused-ring (bicyclic) bond motifs is 1. The van der Waals surface area contributed by atoms with E-state index in [0.717, 1.165) is 0 Å². The lowest BCUT2D eigenvalue weighted by atomic mass is 9.46. The van der Waals surface area contributed by atoms with Gasteiger partial charge >= 0.3 is 11.9 Å². The van der Waals surface area contributed by atoms with Crippen molar-refractivity contribution in [3.8, 4) is 0 Å². The number of ketones is 1. The average Bonchev–Trinajstić information content (AvgIpc) is 2.58. The van der Waals surface area contributed by atoms with Gasteiger partial charge in [0, 0.05) is 24.3 Å². The molecule has 6 heteroatoms. The number of hydrogen-bond donors (Lipinski definition) is 2. The van der Waals surface area contributed by atoms with Gasteiger partial charge in [0.1, 0.15) is 6.10 Å². The van der Waals surface area contributed by atoms with Crippen LogP contribution in [-0.4, -0.2) is 34.0 Å². The molecule has 0 unspecified atom stereocenters. The summed E-state index contributed by atoms with van der Waals surface area (Å²) in [5.41, 5.74) is -0.704. The van der Waals surface area contributed by atoms with Crippen molar-refractivity contribution in [1.82, 2.24) is 0 Å².